The molecule has 2 aromatic heterocycles. The summed E-state index contributed by atoms with van der Waals surface area (Å²) in [5.41, 5.74) is 2.57. The van der Waals surface area contributed by atoms with Gasteiger partial charge in [0, 0.05) is 0 Å². The third-order valence-corrected chi connectivity index (χ3v) is 3.14. The van der Waals surface area contributed by atoms with Gasteiger partial charge in [0.1, 0.15) is 5.82 Å². The fourth-order valence-electron chi connectivity index (χ4n) is 2.08. The Bertz CT molecular complexity index is 709. The summed E-state index contributed by atoms with van der Waals surface area (Å²) in [7, 11) is 0. The molecular weight excluding hydrogens is 269 g/mol. The molecule has 0 spiro atoms. The van der Waals surface area contributed by atoms with Crippen molar-refractivity contribution in [2.24, 2.45) is 0 Å². The molecule has 3 rings (SSSR count). The molecule has 0 saturated heterocycles. The van der Waals surface area contributed by atoms with Gasteiger partial charge in [0.15, 0.2) is 0 Å². The smallest absolute Gasteiger partial charge is 0.141 e. The highest BCUT2D eigenvalue weighted by atomic mass is 19.1. The van der Waals surface area contributed by atoms with Gasteiger partial charge in [-0.15, -0.1) is 5.10 Å². The number of nitrogens with zero attached hydrogens (tertiary/aromatic N) is 4. The highest BCUT2D eigenvalue weighted by molar-refractivity contribution is 5.61. The predicted molar refractivity (Wildman–Crippen MR) is 77.6 cm³/mol. The lowest BCUT2D eigenvalue weighted by Crippen LogP contribution is -2.11. The normalized spacial score (nSPS) is 12.1. The second-order valence-corrected chi connectivity index (χ2v) is 4.63. The highest BCUT2D eigenvalue weighted by Crippen LogP contribution is 2.23. The van der Waals surface area contributed by atoms with Crippen molar-refractivity contribution in [1.82, 2.24) is 20.0 Å². The number of rotatable bonds is 4. The van der Waals surface area contributed by atoms with E-state index in [2.05, 4.69) is 20.6 Å². The molecule has 6 heteroatoms. The van der Waals surface area contributed by atoms with Crippen LogP contribution in [0.5, 0.6) is 0 Å². The van der Waals surface area contributed by atoms with Crippen molar-refractivity contribution < 1.29 is 4.39 Å². The molecule has 0 fully saturated rings. The van der Waals surface area contributed by atoms with Crippen LogP contribution in [-0.4, -0.2) is 20.0 Å². The van der Waals surface area contributed by atoms with E-state index >= 15 is 0 Å². The Morgan fingerprint density at radius 1 is 1.19 bits per heavy atom. The first-order chi connectivity index (χ1) is 10.2. The van der Waals surface area contributed by atoms with Gasteiger partial charge in [0.05, 0.1) is 41.7 Å². The molecule has 1 N–H and O–H groups in total. The molecule has 0 saturated carbocycles. The molecule has 0 amide bonds. The summed E-state index contributed by atoms with van der Waals surface area (Å²) in [6.07, 6.45) is 4.62. The maximum absolute atomic E-state index is 12.9. The molecule has 0 aliphatic rings. The Morgan fingerprint density at radius 3 is 2.76 bits per heavy atom. The molecule has 1 atom stereocenters. The summed E-state index contributed by atoms with van der Waals surface area (Å²) in [5.74, 6) is -0.339. The van der Waals surface area contributed by atoms with Crippen LogP contribution < -0.4 is 5.32 Å². The summed E-state index contributed by atoms with van der Waals surface area (Å²) in [6.45, 7) is 1.97. The van der Waals surface area contributed by atoms with Crippen molar-refractivity contribution in [1.29, 1.82) is 0 Å². The number of hydrogen-bond donors (Lipinski definition) is 1. The summed E-state index contributed by atoms with van der Waals surface area (Å²) in [4.78, 5) is 4.09. The van der Waals surface area contributed by atoms with Crippen molar-refractivity contribution in [2.75, 3.05) is 5.32 Å². The second kappa shape index (κ2) is 5.70. The lowest BCUT2D eigenvalue weighted by molar-refractivity contribution is 0.617. The first-order valence-electron chi connectivity index (χ1n) is 6.58. The van der Waals surface area contributed by atoms with E-state index < -0.39 is 0 Å². The van der Waals surface area contributed by atoms with E-state index in [1.807, 2.05) is 31.2 Å². The Balaban J connectivity index is 1.86. The van der Waals surface area contributed by atoms with Crippen LogP contribution in [0.25, 0.3) is 5.69 Å². The van der Waals surface area contributed by atoms with E-state index in [0.29, 0.717) is 0 Å². The minimum Gasteiger partial charge on any atom is -0.375 e. The Hall–Kier alpha value is -2.76. The van der Waals surface area contributed by atoms with E-state index in [9.17, 15) is 4.39 Å². The third-order valence-electron chi connectivity index (χ3n) is 3.14. The summed E-state index contributed by atoms with van der Waals surface area (Å²) in [5, 5.41) is 11.2. The molecule has 1 unspecified atom stereocenters. The number of pyridine rings is 1. The largest absolute Gasteiger partial charge is 0.375 e. The number of anilines is 1. The monoisotopic (exact) mass is 283 g/mol. The van der Waals surface area contributed by atoms with Crippen LogP contribution in [0.1, 0.15) is 18.7 Å². The van der Waals surface area contributed by atoms with Crippen LogP contribution in [0.3, 0.4) is 0 Å². The molecule has 2 heterocycles. The second-order valence-electron chi connectivity index (χ2n) is 4.63. The topological polar surface area (TPSA) is 55.6 Å². The van der Waals surface area contributed by atoms with Crippen molar-refractivity contribution in [3.05, 3.63) is 66.5 Å². The van der Waals surface area contributed by atoms with Crippen molar-refractivity contribution in [3.8, 4) is 5.69 Å². The average Bonchev–Trinajstić information content (AvgIpc) is 3.02. The lowest BCUT2D eigenvalue weighted by Gasteiger charge is -2.17. The zero-order valence-electron chi connectivity index (χ0n) is 11.4. The fourth-order valence-corrected chi connectivity index (χ4v) is 2.08. The van der Waals surface area contributed by atoms with Gasteiger partial charge >= 0.3 is 0 Å². The van der Waals surface area contributed by atoms with Gasteiger partial charge in [-0.05, 0) is 31.2 Å². The molecule has 21 heavy (non-hydrogen) atoms. The van der Waals surface area contributed by atoms with Gasteiger partial charge in [-0.2, -0.15) is 0 Å². The number of halogens is 1. The minimum absolute atomic E-state index is 0.0599. The summed E-state index contributed by atoms with van der Waals surface area (Å²) >= 11 is 0. The molecule has 0 aliphatic heterocycles. The molecule has 1 aromatic carbocycles. The minimum atomic E-state index is -0.339. The van der Waals surface area contributed by atoms with E-state index in [1.165, 1.54) is 12.3 Å². The number of para-hydroxylation sites is 2. The SMILES string of the molecule is CC(Nc1ccccc1-n1ccnn1)c1ccc(F)cn1. The maximum Gasteiger partial charge on any atom is 0.141 e. The van der Waals surface area contributed by atoms with E-state index in [0.717, 1.165) is 17.1 Å². The lowest BCUT2D eigenvalue weighted by atomic mass is 10.2. The number of aromatic nitrogens is 4. The molecule has 3 aromatic rings. The van der Waals surface area contributed by atoms with E-state index in [-0.39, 0.29) is 11.9 Å². The van der Waals surface area contributed by atoms with Crippen LogP contribution >= 0.6 is 0 Å². The fraction of sp³-hybridized carbons (Fsp3) is 0.133. The van der Waals surface area contributed by atoms with Crippen LogP contribution in [-0.2, 0) is 0 Å². The van der Waals surface area contributed by atoms with Gasteiger partial charge < -0.3 is 5.32 Å². The standard InChI is InChI=1S/C15H14FN5/c1-11(13-7-6-12(16)10-17-13)19-14-4-2-3-5-15(14)21-9-8-18-20-21/h2-11,19H,1H3. The van der Waals surface area contributed by atoms with Crippen molar-refractivity contribution in [3.63, 3.8) is 0 Å². The molecule has 106 valence electrons. The Morgan fingerprint density at radius 2 is 2.05 bits per heavy atom. The third kappa shape index (κ3) is 2.89. The zero-order chi connectivity index (χ0) is 14.7. The molecule has 0 bridgehead atoms. The van der Waals surface area contributed by atoms with Gasteiger partial charge in [-0.25, -0.2) is 9.07 Å². The molecule has 0 radical (unpaired) electrons. The Labute approximate surface area is 121 Å². The number of hydrogen-bond acceptors (Lipinski definition) is 4. The predicted octanol–water partition coefficient (Wildman–Crippen LogP) is 2.97. The van der Waals surface area contributed by atoms with Gasteiger partial charge in [0.25, 0.3) is 0 Å². The Kier molecular flexibility index (Phi) is 3.59. The molecular formula is C15H14FN5. The van der Waals surface area contributed by atoms with Crippen molar-refractivity contribution >= 4 is 5.69 Å². The van der Waals surface area contributed by atoms with Gasteiger partial charge in [-0.3, -0.25) is 4.98 Å². The molecule has 0 aliphatic carbocycles. The van der Waals surface area contributed by atoms with Crippen LogP contribution in [0, 0.1) is 5.82 Å². The van der Waals surface area contributed by atoms with Gasteiger partial charge in [-0.1, -0.05) is 17.3 Å². The van der Waals surface area contributed by atoms with E-state index in [4.69, 9.17) is 0 Å². The molecule has 5 nitrogen and oxygen atoms in total. The van der Waals surface area contributed by atoms with Crippen LogP contribution in [0.2, 0.25) is 0 Å². The maximum atomic E-state index is 12.9. The quantitative estimate of drug-likeness (QED) is 0.799. The summed E-state index contributed by atoms with van der Waals surface area (Å²) in [6, 6.07) is 10.8. The van der Waals surface area contributed by atoms with Crippen LogP contribution in [0.4, 0.5) is 10.1 Å². The van der Waals surface area contributed by atoms with E-state index in [1.54, 1.807) is 23.1 Å². The first-order valence-corrected chi connectivity index (χ1v) is 6.58. The number of nitrogens with one attached hydrogen (secondary N) is 1. The van der Waals surface area contributed by atoms with Gasteiger partial charge in [0.2, 0.25) is 0 Å². The van der Waals surface area contributed by atoms with Crippen molar-refractivity contribution in [2.45, 2.75) is 13.0 Å². The first kappa shape index (κ1) is 13.2. The summed E-state index contributed by atoms with van der Waals surface area (Å²) < 4.78 is 14.6. The van der Waals surface area contributed by atoms with Crippen LogP contribution in [0.15, 0.2) is 55.0 Å². The highest BCUT2D eigenvalue weighted by Gasteiger charge is 2.10. The zero-order valence-corrected chi connectivity index (χ0v) is 11.4. The number of benzene rings is 1. The average molecular weight is 283 g/mol.